The van der Waals surface area contributed by atoms with Crippen molar-refractivity contribution >= 4 is 23.2 Å². The van der Waals surface area contributed by atoms with Crippen LogP contribution >= 0.6 is 11.3 Å². The molecule has 1 fully saturated rings. The Bertz CT molecular complexity index is 479. The van der Waals surface area contributed by atoms with Crippen LogP contribution in [0.4, 0.5) is 0 Å². The van der Waals surface area contributed by atoms with Gasteiger partial charge in [-0.1, -0.05) is 12.8 Å². The van der Waals surface area contributed by atoms with E-state index < -0.39 is 12.0 Å². The number of carboxylic acids is 1. The van der Waals surface area contributed by atoms with Crippen LogP contribution in [0.1, 0.15) is 41.9 Å². The average Bonchev–Trinajstić information content (AvgIpc) is 3.10. The summed E-state index contributed by atoms with van der Waals surface area (Å²) >= 11 is 1.75. The normalized spacial score (nSPS) is 15.8. The van der Waals surface area contributed by atoms with E-state index in [1.807, 2.05) is 0 Å². The summed E-state index contributed by atoms with van der Waals surface area (Å²) in [4.78, 5) is 25.4. The summed E-state index contributed by atoms with van der Waals surface area (Å²) in [5.41, 5.74) is 0. The van der Waals surface area contributed by atoms with E-state index in [2.05, 4.69) is 24.4 Å². The molecule has 20 heavy (non-hydrogen) atoms. The Morgan fingerprint density at radius 1 is 1.45 bits per heavy atom. The van der Waals surface area contributed by atoms with Gasteiger partial charge < -0.3 is 10.4 Å². The number of aliphatic carboxylic acids is 1. The zero-order chi connectivity index (χ0) is 14.5. The molecular formula is C15H21NO3S. The third-order valence-corrected chi connectivity index (χ3v) is 4.58. The molecule has 1 aliphatic rings. The predicted molar refractivity (Wildman–Crippen MR) is 78.9 cm³/mol. The number of nitrogens with one attached hydrogen (secondary N) is 1. The molecule has 1 saturated carbocycles. The van der Waals surface area contributed by atoms with Crippen LogP contribution in [0.3, 0.4) is 0 Å². The molecule has 1 heterocycles. The molecule has 1 aromatic heterocycles. The number of carbonyl (C=O) groups excluding carboxylic acids is 1. The van der Waals surface area contributed by atoms with E-state index in [0.29, 0.717) is 18.8 Å². The molecule has 0 saturated heterocycles. The third kappa shape index (κ3) is 4.96. The monoisotopic (exact) mass is 295 g/mol. The van der Waals surface area contributed by atoms with E-state index in [1.54, 1.807) is 11.3 Å². The molecule has 110 valence electrons. The number of rotatable bonds is 8. The average molecular weight is 295 g/mol. The van der Waals surface area contributed by atoms with Gasteiger partial charge in [-0.25, -0.2) is 4.79 Å². The first-order chi connectivity index (χ1) is 9.54. The zero-order valence-corrected chi connectivity index (χ0v) is 12.5. The second-order valence-corrected chi connectivity index (χ2v) is 6.88. The highest BCUT2D eigenvalue weighted by Crippen LogP contribution is 2.33. The Morgan fingerprint density at radius 2 is 2.20 bits per heavy atom. The van der Waals surface area contributed by atoms with Crippen molar-refractivity contribution in [2.75, 3.05) is 0 Å². The predicted octanol–water partition coefficient (Wildman–Crippen LogP) is 2.75. The van der Waals surface area contributed by atoms with Crippen molar-refractivity contribution in [3.05, 3.63) is 21.9 Å². The molecular weight excluding hydrogens is 274 g/mol. The van der Waals surface area contributed by atoms with Crippen LogP contribution in [-0.2, 0) is 16.0 Å². The highest BCUT2D eigenvalue weighted by molar-refractivity contribution is 7.11. The minimum absolute atomic E-state index is 0.147. The second-order valence-electron chi connectivity index (χ2n) is 5.50. The van der Waals surface area contributed by atoms with Crippen molar-refractivity contribution < 1.29 is 14.7 Å². The molecule has 0 aromatic carbocycles. The van der Waals surface area contributed by atoms with Gasteiger partial charge >= 0.3 is 5.97 Å². The number of hydrogen-bond acceptors (Lipinski definition) is 3. The van der Waals surface area contributed by atoms with Gasteiger partial charge in [-0.15, -0.1) is 11.3 Å². The molecule has 1 atom stereocenters. The van der Waals surface area contributed by atoms with E-state index in [0.717, 1.165) is 25.7 Å². The molecule has 5 heteroatoms. The molecule has 1 amide bonds. The van der Waals surface area contributed by atoms with Gasteiger partial charge in [-0.3, -0.25) is 4.79 Å². The molecule has 1 aliphatic carbocycles. The fourth-order valence-corrected chi connectivity index (χ4v) is 3.15. The summed E-state index contributed by atoms with van der Waals surface area (Å²) in [6.07, 6.45) is 4.80. The second kappa shape index (κ2) is 6.88. The Kier molecular flexibility index (Phi) is 5.17. The lowest BCUT2D eigenvalue weighted by Gasteiger charge is -2.13. The van der Waals surface area contributed by atoms with Gasteiger partial charge in [-0.2, -0.15) is 0 Å². The van der Waals surface area contributed by atoms with Crippen molar-refractivity contribution in [2.24, 2.45) is 5.92 Å². The Balaban J connectivity index is 1.69. The smallest absolute Gasteiger partial charge is 0.326 e. The first kappa shape index (κ1) is 15.0. The van der Waals surface area contributed by atoms with Crippen LogP contribution < -0.4 is 5.32 Å². The molecule has 1 unspecified atom stereocenters. The van der Waals surface area contributed by atoms with Crippen molar-refractivity contribution in [1.29, 1.82) is 0 Å². The van der Waals surface area contributed by atoms with Crippen LogP contribution in [0, 0.1) is 12.8 Å². The van der Waals surface area contributed by atoms with E-state index in [-0.39, 0.29) is 5.91 Å². The van der Waals surface area contributed by atoms with Gasteiger partial charge in [0.15, 0.2) is 0 Å². The molecule has 0 radical (unpaired) electrons. The van der Waals surface area contributed by atoms with Gasteiger partial charge in [0.05, 0.1) is 0 Å². The van der Waals surface area contributed by atoms with Crippen LogP contribution in [0.15, 0.2) is 12.1 Å². The Hall–Kier alpha value is -1.36. The number of thiophene rings is 1. The lowest BCUT2D eigenvalue weighted by molar-refractivity contribution is -0.142. The summed E-state index contributed by atoms with van der Waals surface area (Å²) in [6.45, 7) is 2.07. The molecule has 2 rings (SSSR count). The number of carbonyl (C=O) groups is 2. The fraction of sp³-hybridized carbons (Fsp3) is 0.600. The lowest BCUT2D eigenvalue weighted by Crippen LogP contribution is -2.41. The van der Waals surface area contributed by atoms with Gasteiger partial charge in [0.2, 0.25) is 5.91 Å². The van der Waals surface area contributed by atoms with E-state index in [1.165, 1.54) is 9.75 Å². The van der Waals surface area contributed by atoms with Crippen LogP contribution in [-0.4, -0.2) is 23.0 Å². The van der Waals surface area contributed by atoms with Crippen molar-refractivity contribution in [3.63, 3.8) is 0 Å². The maximum atomic E-state index is 11.8. The molecule has 0 spiro atoms. The first-order valence-corrected chi connectivity index (χ1v) is 7.93. The summed E-state index contributed by atoms with van der Waals surface area (Å²) < 4.78 is 0. The van der Waals surface area contributed by atoms with Crippen molar-refractivity contribution in [2.45, 2.75) is 51.5 Å². The van der Waals surface area contributed by atoms with E-state index in [4.69, 9.17) is 5.11 Å². The van der Waals surface area contributed by atoms with Gasteiger partial charge in [-0.05, 0) is 44.2 Å². The SMILES string of the molecule is Cc1ccc(CCCC(=O)NC(CC2CC2)C(=O)O)s1. The first-order valence-electron chi connectivity index (χ1n) is 7.12. The van der Waals surface area contributed by atoms with Gasteiger partial charge in [0.25, 0.3) is 0 Å². The lowest BCUT2D eigenvalue weighted by atomic mass is 10.1. The quantitative estimate of drug-likeness (QED) is 0.775. The van der Waals surface area contributed by atoms with E-state index in [9.17, 15) is 9.59 Å². The molecule has 0 aliphatic heterocycles. The highest BCUT2D eigenvalue weighted by atomic mass is 32.1. The Morgan fingerprint density at radius 3 is 2.75 bits per heavy atom. The molecule has 0 bridgehead atoms. The maximum Gasteiger partial charge on any atom is 0.326 e. The van der Waals surface area contributed by atoms with Crippen LogP contribution in [0.25, 0.3) is 0 Å². The summed E-state index contributed by atoms with van der Waals surface area (Å²) in [5, 5.41) is 11.7. The van der Waals surface area contributed by atoms with E-state index >= 15 is 0 Å². The molecule has 4 nitrogen and oxygen atoms in total. The number of amides is 1. The maximum absolute atomic E-state index is 11.8. The van der Waals surface area contributed by atoms with Gasteiger partial charge in [0.1, 0.15) is 6.04 Å². The highest BCUT2D eigenvalue weighted by Gasteiger charge is 2.29. The van der Waals surface area contributed by atoms with Crippen molar-refractivity contribution in [1.82, 2.24) is 5.32 Å². The third-order valence-electron chi connectivity index (χ3n) is 3.52. The van der Waals surface area contributed by atoms with Gasteiger partial charge in [0, 0.05) is 16.2 Å². The topological polar surface area (TPSA) is 66.4 Å². The minimum Gasteiger partial charge on any atom is -0.480 e. The summed E-state index contributed by atoms with van der Waals surface area (Å²) in [6, 6.07) is 3.46. The largest absolute Gasteiger partial charge is 0.480 e. The minimum atomic E-state index is -0.917. The summed E-state index contributed by atoms with van der Waals surface area (Å²) in [7, 11) is 0. The van der Waals surface area contributed by atoms with Crippen LogP contribution in [0.5, 0.6) is 0 Å². The standard InChI is InChI=1S/C15H21NO3S/c1-10-5-8-12(20-10)3-2-4-14(17)16-13(15(18)19)9-11-6-7-11/h5,8,11,13H,2-4,6-7,9H2,1H3,(H,16,17)(H,18,19). The molecule has 1 aromatic rings. The zero-order valence-electron chi connectivity index (χ0n) is 11.7. The van der Waals surface area contributed by atoms with Crippen LogP contribution in [0.2, 0.25) is 0 Å². The Labute approximate surface area is 123 Å². The fourth-order valence-electron chi connectivity index (χ4n) is 2.22. The summed E-state index contributed by atoms with van der Waals surface area (Å²) in [5.74, 6) is -0.573. The van der Waals surface area contributed by atoms with Crippen molar-refractivity contribution in [3.8, 4) is 0 Å². The number of hydrogen-bond donors (Lipinski definition) is 2. The number of carboxylic acid groups (broad SMARTS) is 1. The number of aryl methyl sites for hydroxylation is 2. The molecule has 2 N–H and O–H groups in total.